The van der Waals surface area contributed by atoms with Gasteiger partial charge in [-0.25, -0.2) is 0 Å². The first-order chi connectivity index (χ1) is 5.75. The van der Waals surface area contributed by atoms with E-state index in [1.807, 2.05) is 0 Å². The van der Waals surface area contributed by atoms with Gasteiger partial charge in [0.05, 0.1) is 12.2 Å². The topological polar surface area (TPSA) is 40.5 Å². The Labute approximate surface area is 72.9 Å². The zero-order chi connectivity index (χ0) is 8.55. The molecule has 0 spiro atoms. The van der Waals surface area contributed by atoms with Gasteiger partial charge in [0.1, 0.15) is 0 Å². The second-order valence-corrected chi connectivity index (χ2v) is 4.04. The van der Waals surface area contributed by atoms with Gasteiger partial charge in [-0.05, 0) is 38.0 Å². The van der Waals surface area contributed by atoms with Gasteiger partial charge in [0, 0.05) is 0 Å². The van der Waals surface area contributed by atoms with Crippen molar-refractivity contribution in [2.75, 3.05) is 0 Å². The lowest BCUT2D eigenvalue weighted by Gasteiger charge is -2.33. The molecule has 3 atom stereocenters. The molecule has 2 aliphatic carbocycles. The van der Waals surface area contributed by atoms with Crippen molar-refractivity contribution in [1.29, 1.82) is 0 Å². The van der Waals surface area contributed by atoms with Gasteiger partial charge < -0.3 is 10.2 Å². The van der Waals surface area contributed by atoms with E-state index in [4.69, 9.17) is 0 Å². The standard InChI is InChI=1S/C10H16O2/c11-9-3-1-7-5-10(12)4-2-8(7)6-9/h1,8-12H,2-6H2. The monoisotopic (exact) mass is 168 g/mol. The van der Waals surface area contributed by atoms with E-state index < -0.39 is 0 Å². The molecule has 2 nitrogen and oxygen atoms in total. The average Bonchev–Trinajstić information content (AvgIpc) is 2.05. The third kappa shape index (κ3) is 1.54. The zero-order valence-electron chi connectivity index (χ0n) is 7.24. The molecule has 0 radical (unpaired) electrons. The second-order valence-electron chi connectivity index (χ2n) is 4.04. The van der Waals surface area contributed by atoms with E-state index in [-0.39, 0.29) is 12.2 Å². The van der Waals surface area contributed by atoms with Crippen LogP contribution >= 0.6 is 0 Å². The largest absolute Gasteiger partial charge is 0.393 e. The van der Waals surface area contributed by atoms with Gasteiger partial charge in [0.25, 0.3) is 0 Å². The molecule has 2 N–H and O–H groups in total. The smallest absolute Gasteiger partial charge is 0.0580 e. The van der Waals surface area contributed by atoms with E-state index in [9.17, 15) is 10.2 Å². The fourth-order valence-electron chi connectivity index (χ4n) is 2.35. The molecule has 1 saturated carbocycles. The van der Waals surface area contributed by atoms with E-state index >= 15 is 0 Å². The molecule has 2 heteroatoms. The van der Waals surface area contributed by atoms with Crippen molar-refractivity contribution in [3.63, 3.8) is 0 Å². The number of hydrogen-bond donors (Lipinski definition) is 2. The average molecular weight is 168 g/mol. The van der Waals surface area contributed by atoms with Crippen molar-refractivity contribution < 1.29 is 10.2 Å². The number of rotatable bonds is 0. The SMILES string of the molecule is OC1CCC2CC(O)CC=C2C1. The highest BCUT2D eigenvalue weighted by molar-refractivity contribution is 5.14. The van der Waals surface area contributed by atoms with Crippen molar-refractivity contribution in [2.45, 2.75) is 44.3 Å². The summed E-state index contributed by atoms with van der Waals surface area (Å²) in [6.45, 7) is 0. The van der Waals surface area contributed by atoms with Crippen LogP contribution < -0.4 is 0 Å². The maximum absolute atomic E-state index is 9.41. The summed E-state index contributed by atoms with van der Waals surface area (Å²) in [5.41, 5.74) is 1.39. The molecule has 2 rings (SSSR count). The van der Waals surface area contributed by atoms with Crippen LogP contribution in [0.15, 0.2) is 11.6 Å². The van der Waals surface area contributed by atoms with Crippen LogP contribution in [-0.4, -0.2) is 22.4 Å². The van der Waals surface area contributed by atoms with Gasteiger partial charge in [0.15, 0.2) is 0 Å². The molecule has 2 aliphatic rings. The lowest BCUT2D eigenvalue weighted by molar-refractivity contribution is 0.0985. The molecule has 0 amide bonds. The molecule has 0 bridgehead atoms. The predicted octanol–water partition coefficient (Wildman–Crippen LogP) is 1.23. The molecule has 0 heterocycles. The third-order valence-corrected chi connectivity index (χ3v) is 3.05. The summed E-state index contributed by atoms with van der Waals surface area (Å²) in [7, 11) is 0. The van der Waals surface area contributed by atoms with Gasteiger partial charge in [-0.3, -0.25) is 0 Å². The van der Waals surface area contributed by atoms with Crippen LogP contribution in [0.1, 0.15) is 32.1 Å². The highest BCUT2D eigenvalue weighted by atomic mass is 16.3. The normalized spacial score (nSPS) is 41.8. The Morgan fingerprint density at radius 3 is 2.83 bits per heavy atom. The lowest BCUT2D eigenvalue weighted by atomic mass is 9.76. The number of hydrogen-bond acceptors (Lipinski definition) is 2. The Morgan fingerprint density at radius 1 is 1.17 bits per heavy atom. The van der Waals surface area contributed by atoms with E-state index in [0.717, 1.165) is 32.1 Å². The van der Waals surface area contributed by atoms with Crippen LogP contribution in [-0.2, 0) is 0 Å². The minimum atomic E-state index is -0.131. The summed E-state index contributed by atoms with van der Waals surface area (Å²) >= 11 is 0. The highest BCUT2D eigenvalue weighted by Gasteiger charge is 2.28. The Bertz CT molecular complexity index is 198. The summed E-state index contributed by atoms with van der Waals surface area (Å²) in [5.74, 6) is 0.567. The van der Waals surface area contributed by atoms with Crippen molar-refractivity contribution in [1.82, 2.24) is 0 Å². The zero-order valence-corrected chi connectivity index (χ0v) is 7.24. The quantitative estimate of drug-likeness (QED) is 0.534. The Kier molecular flexibility index (Phi) is 2.20. The third-order valence-electron chi connectivity index (χ3n) is 3.05. The number of aliphatic hydroxyl groups is 2. The summed E-state index contributed by atoms with van der Waals surface area (Å²) in [6.07, 6.45) is 6.39. The van der Waals surface area contributed by atoms with E-state index in [2.05, 4.69) is 6.08 Å². The van der Waals surface area contributed by atoms with E-state index in [0.29, 0.717) is 5.92 Å². The van der Waals surface area contributed by atoms with Crippen molar-refractivity contribution in [2.24, 2.45) is 5.92 Å². The van der Waals surface area contributed by atoms with Crippen molar-refractivity contribution in [3.05, 3.63) is 11.6 Å². The molecular weight excluding hydrogens is 152 g/mol. The minimum absolute atomic E-state index is 0.122. The summed E-state index contributed by atoms with van der Waals surface area (Å²) in [4.78, 5) is 0. The molecular formula is C10H16O2. The molecule has 0 saturated heterocycles. The first kappa shape index (κ1) is 8.27. The first-order valence-corrected chi connectivity index (χ1v) is 4.81. The molecule has 0 aromatic rings. The second kappa shape index (κ2) is 3.19. The molecule has 1 fully saturated rings. The molecule has 68 valence electrons. The van der Waals surface area contributed by atoms with Crippen molar-refractivity contribution in [3.8, 4) is 0 Å². The van der Waals surface area contributed by atoms with Crippen molar-refractivity contribution >= 4 is 0 Å². The van der Waals surface area contributed by atoms with Crippen LogP contribution in [0.25, 0.3) is 0 Å². The minimum Gasteiger partial charge on any atom is -0.393 e. The Balaban J connectivity index is 2.07. The highest BCUT2D eigenvalue weighted by Crippen LogP contribution is 2.36. The Morgan fingerprint density at radius 2 is 2.00 bits per heavy atom. The van der Waals surface area contributed by atoms with Crippen LogP contribution in [0.2, 0.25) is 0 Å². The first-order valence-electron chi connectivity index (χ1n) is 4.81. The number of fused-ring (bicyclic) bond motifs is 1. The van der Waals surface area contributed by atoms with Crippen LogP contribution in [0.3, 0.4) is 0 Å². The van der Waals surface area contributed by atoms with Gasteiger partial charge >= 0.3 is 0 Å². The number of aliphatic hydroxyl groups excluding tert-OH is 2. The maximum atomic E-state index is 9.41. The van der Waals surface area contributed by atoms with Gasteiger partial charge in [-0.2, -0.15) is 0 Å². The van der Waals surface area contributed by atoms with Gasteiger partial charge in [0.2, 0.25) is 0 Å². The summed E-state index contributed by atoms with van der Waals surface area (Å²) < 4.78 is 0. The van der Waals surface area contributed by atoms with E-state index in [1.54, 1.807) is 0 Å². The van der Waals surface area contributed by atoms with Crippen LogP contribution in [0.5, 0.6) is 0 Å². The van der Waals surface area contributed by atoms with Gasteiger partial charge in [-0.15, -0.1) is 0 Å². The Hall–Kier alpha value is -0.340. The fraction of sp³-hybridized carbons (Fsp3) is 0.800. The predicted molar refractivity (Wildman–Crippen MR) is 46.7 cm³/mol. The summed E-state index contributed by atoms with van der Waals surface area (Å²) in [6, 6.07) is 0. The molecule has 0 aromatic heterocycles. The van der Waals surface area contributed by atoms with Crippen LogP contribution in [0.4, 0.5) is 0 Å². The van der Waals surface area contributed by atoms with E-state index in [1.165, 1.54) is 5.57 Å². The lowest BCUT2D eigenvalue weighted by Crippen LogP contribution is -2.27. The fourth-order valence-corrected chi connectivity index (χ4v) is 2.35. The molecule has 0 aromatic carbocycles. The van der Waals surface area contributed by atoms with Crippen LogP contribution in [0, 0.1) is 5.92 Å². The van der Waals surface area contributed by atoms with Gasteiger partial charge in [-0.1, -0.05) is 11.6 Å². The molecule has 0 aliphatic heterocycles. The molecule has 12 heavy (non-hydrogen) atoms. The summed E-state index contributed by atoms with van der Waals surface area (Å²) in [5, 5.41) is 18.8. The molecule has 3 unspecified atom stereocenters. The maximum Gasteiger partial charge on any atom is 0.0580 e.